The molecule has 1 aliphatic rings. The zero-order chi connectivity index (χ0) is 24.6. The molecule has 6 nitrogen and oxygen atoms in total. The molecule has 0 saturated carbocycles. The summed E-state index contributed by atoms with van der Waals surface area (Å²) in [5.74, 6) is -0.484. The molecule has 1 aliphatic heterocycles. The highest BCUT2D eigenvalue weighted by molar-refractivity contribution is 7.13. The number of hydrogen-bond donors (Lipinski definition) is 2. The second kappa shape index (κ2) is 9.52. The van der Waals surface area contributed by atoms with E-state index in [0.29, 0.717) is 16.1 Å². The minimum absolute atomic E-state index is 0.0275. The van der Waals surface area contributed by atoms with Crippen molar-refractivity contribution >= 4 is 23.0 Å². The summed E-state index contributed by atoms with van der Waals surface area (Å²) in [4.78, 5) is 31.3. The third-order valence-corrected chi connectivity index (χ3v) is 6.68. The van der Waals surface area contributed by atoms with E-state index in [1.54, 1.807) is 38.7 Å². The van der Waals surface area contributed by atoms with Gasteiger partial charge in [0, 0.05) is 24.1 Å². The lowest BCUT2D eigenvalue weighted by molar-refractivity contribution is -0.137. The van der Waals surface area contributed by atoms with Gasteiger partial charge in [-0.15, -0.1) is 11.3 Å². The summed E-state index contributed by atoms with van der Waals surface area (Å²) >= 11 is 1.14. The smallest absolute Gasteiger partial charge is 0.392 e. The van der Waals surface area contributed by atoms with E-state index in [4.69, 9.17) is 0 Å². The van der Waals surface area contributed by atoms with Crippen molar-refractivity contribution in [1.29, 1.82) is 0 Å². The largest absolute Gasteiger partial charge is 0.417 e. The van der Waals surface area contributed by atoms with Crippen LogP contribution in [0.3, 0.4) is 0 Å². The van der Waals surface area contributed by atoms with Crippen LogP contribution in [0.1, 0.15) is 44.0 Å². The molecule has 2 N–H and O–H groups in total. The minimum Gasteiger partial charge on any atom is -0.392 e. The van der Waals surface area contributed by atoms with Crippen molar-refractivity contribution in [2.75, 3.05) is 13.1 Å². The van der Waals surface area contributed by atoms with Gasteiger partial charge in [0.2, 0.25) is 5.91 Å². The third kappa shape index (κ3) is 5.99. The highest BCUT2D eigenvalue weighted by Crippen LogP contribution is 2.40. The monoisotopic (exact) mass is 483 g/mol. The molecule has 2 atom stereocenters. The number of ketones is 1. The number of thiazole rings is 1. The Bertz CT molecular complexity index is 1030. The van der Waals surface area contributed by atoms with Gasteiger partial charge in [0.1, 0.15) is 0 Å². The lowest BCUT2D eigenvalue weighted by atomic mass is 9.90. The number of aromatic nitrogens is 1. The van der Waals surface area contributed by atoms with Crippen molar-refractivity contribution in [3.05, 3.63) is 40.5 Å². The van der Waals surface area contributed by atoms with Crippen molar-refractivity contribution in [2.45, 2.75) is 59.0 Å². The Kier molecular flexibility index (Phi) is 7.30. The molecule has 0 bridgehead atoms. The van der Waals surface area contributed by atoms with Crippen LogP contribution in [0.4, 0.5) is 13.2 Å². The Morgan fingerprint density at radius 3 is 2.55 bits per heavy atom. The van der Waals surface area contributed by atoms with Crippen LogP contribution >= 0.6 is 11.3 Å². The fourth-order valence-electron chi connectivity index (χ4n) is 3.75. The Balaban J connectivity index is 1.74. The highest BCUT2D eigenvalue weighted by atomic mass is 32.1. The summed E-state index contributed by atoms with van der Waals surface area (Å²) in [6, 6.07) is 3.28. The van der Waals surface area contributed by atoms with Crippen molar-refractivity contribution in [2.24, 2.45) is 5.41 Å². The zero-order valence-electron chi connectivity index (χ0n) is 19.0. The second-order valence-corrected chi connectivity index (χ2v) is 10.2. The van der Waals surface area contributed by atoms with Crippen LogP contribution in [0.2, 0.25) is 0 Å². The SMILES string of the molecule is Cc1ncsc1-c1ccc(CNC(=O)[C@@H]2C[C@@H](O)CN2CC(=O)C(C)(C)C)cc1C(F)(F)F. The number of likely N-dealkylation sites (tertiary alicyclic amines) is 1. The molecule has 2 heterocycles. The molecule has 0 unspecified atom stereocenters. The number of benzene rings is 1. The van der Waals surface area contributed by atoms with E-state index < -0.39 is 35.2 Å². The Morgan fingerprint density at radius 2 is 1.97 bits per heavy atom. The van der Waals surface area contributed by atoms with Crippen molar-refractivity contribution in [3.63, 3.8) is 0 Å². The third-order valence-electron chi connectivity index (χ3n) is 5.71. The second-order valence-electron chi connectivity index (χ2n) is 9.37. The van der Waals surface area contributed by atoms with Gasteiger partial charge in [-0.1, -0.05) is 32.9 Å². The molecule has 1 saturated heterocycles. The molecule has 10 heteroatoms. The van der Waals surface area contributed by atoms with E-state index in [9.17, 15) is 27.9 Å². The van der Waals surface area contributed by atoms with Crippen molar-refractivity contribution in [3.8, 4) is 10.4 Å². The van der Waals surface area contributed by atoms with Gasteiger partial charge in [0.15, 0.2) is 5.78 Å². The van der Waals surface area contributed by atoms with E-state index >= 15 is 0 Å². The van der Waals surface area contributed by atoms with E-state index in [1.165, 1.54) is 11.6 Å². The maximum atomic E-state index is 13.7. The van der Waals surface area contributed by atoms with Gasteiger partial charge in [-0.3, -0.25) is 14.5 Å². The first-order chi connectivity index (χ1) is 15.3. The summed E-state index contributed by atoms with van der Waals surface area (Å²) in [7, 11) is 0. The Labute approximate surface area is 194 Å². The van der Waals surface area contributed by atoms with Crippen LogP contribution in [0, 0.1) is 12.3 Å². The average Bonchev–Trinajstić information content (AvgIpc) is 3.29. The van der Waals surface area contributed by atoms with Gasteiger partial charge in [0.25, 0.3) is 0 Å². The quantitative estimate of drug-likeness (QED) is 0.653. The van der Waals surface area contributed by atoms with Crippen LogP contribution in [-0.4, -0.2) is 51.9 Å². The van der Waals surface area contributed by atoms with Crippen LogP contribution in [-0.2, 0) is 22.3 Å². The number of β-amino-alcohol motifs (C(OH)–C–C–N with tert-alkyl or cyclic N) is 1. The molecular formula is C23H28F3N3O3S. The van der Waals surface area contributed by atoms with Gasteiger partial charge < -0.3 is 10.4 Å². The lowest BCUT2D eigenvalue weighted by Gasteiger charge is -2.26. The summed E-state index contributed by atoms with van der Waals surface area (Å²) < 4.78 is 41.2. The molecule has 2 aromatic rings. The number of hydrogen-bond acceptors (Lipinski definition) is 6. The topological polar surface area (TPSA) is 82.5 Å². The number of carbonyl (C=O) groups is 2. The first kappa shape index (κ1) is 25.3. The number of alkyl halides is 3. The fraction of sp³-hybridized carbons (Fsp3) is 0.522. The number of halogens is 3. The van der Waals surface area contributed by atoms with Crippen molar-refractivity contribution in [1.82, 2.24) is 15.2 Å². The predicted molar refractivity (Wildman–Crippen MR) is 120 cm³/mol. The lowest BCUT2D eigenvalue weighted by Crippen LogP contribution is -2.46. The normalized spacial score (nSPS) is 19.6. The molecule has 1 aromatic heterocycles. The number of rotatable bonds is 6. The number of aliphatic hydroxyl groups is 1. The molecule has 1 aromatic carbocycles. The summed E-state index contributed by atoms with van der Waals surface area (Å²) in [6.45, 7) is 7.14. The number of amides is 1. The van der Waals surface area contributed by atoms with E-state index in [2.05, 4.69) is 10.3 Å². The summed E-state index contributed by atoms with van der Waals surface area (Å²) in [5.41, 5.74) is 1.03. The number of Topliss-reactive ketones (excluding diaryl/α,β-unsaturated/α-hetero) is 1. The van der Waals surface area contributed by atoms with Crippen LogP contribution in [0.5, 0.6) is 0 Å². The number of carbonyl (C=O) groups excluding carboxylic acids is 2. The molecule has 180 valence electrons. The van der Waals surface area contributed by atoms with Gasteiger partial charge in [-0.2, -0.15) is 13.2 Å². The molecule has 0 radical (unpaired) electrons. The Morgan fingerprint density at radius 1 is 1.27 bits per heavy atom. The number of aryl methyl sites for hydroxylation is 1. The number of nitrogens with one attached hydrogen (secondary N) is 1. The maximum absolute atomic E-state index is 13.7. The van der Waals surface area contributed by atoms with E-state index in [1.807, 2.05) is 0 Å². The number of nitrogens with zero attached hydrogens (tertiary/aromatic N) is 2. The van der Waals surface area contributed by atoms with Crippen LogP contribution in [0.15, 0.2) is 23.7 Å². The molecule has 0 aliphatic carbocycles. The molecule has 1 fully saturated rings. The zero-order valence-corrected chi connectivity index (χ0v) is 19.8. The highest BCUT2D eigenvalue weighted by Gasteiger charge is 2.38. The predicted octanol–water partition coefficient (Wildman–Crippen LogP) is 3.80. The van der Waals surface area contributed by atoms with Crippen LogP contribution in [0.25, 0.3) is 10.4 Å². The first-order valence-corrected chi connectivity index (χ1v) is 11.5. The van der Waals surface area contributed by atoms with Crippen LogP contribution < -0.4 is 5.32 Å². The van der Waals surface area contributed by atoms with Gasteiger partial charge in [0.05, 0.1) is 40.3 Å². The molecule has 0 spiro atoms. The van der Waals surface area contributed by atoms with Gasteiger partial charge in [-0.05, 0) is 25.0 Å². The molecule has 3 rings (SSSR count). The Hall–Kier alpha value is -2.30. The maximum Gasteiger partial charge on any atom is 0.417 e. The first-order valence-electron chi connectivity index (χ1n) is 10.6. The molecular weight excluding hydrogens is 455 g/mol. The van der Waals surface area contributed by atoms with Crippen molar-refractivity contribution < 1.29 is 27.9 Å². The number of aliphatic hydroxyl groups excluding tert-OH is 1. The standard InChI is InChI=1S/C23H28F3N3O3S/c1-13-20(33-12-28-13)16-6-5-14(7-17(16)23(24,25)26)9-27-21(32)18-8-15(30)10-29(18)11-19(31)22(2,3)4/h5-7,12,15,18,30H,8-11H2,1-4H3,(H,27,32)/t15-,18+/m1/s1. The summed E-state index contributed by atoms with van der Waals surface area (Å²) in [6.07, 6.45) is -5.14. The van der Waals surface area contributed by atoms with Gasteiger partial charge >= 0.3 is 6.18 Å². The van der Waals surface area contributed by atoms with E-state index in [0.717, 1.165) is 17.4 Å². The average molecular weight is 484 g/mol. The molecule has 1 amide bonds. The summed E-state index contributed by atoms with van der Waals surface area (Å²) in [5, 5.41) is 12.7. The van der Waals surface area contributed by atoms with E-state index in [-0.39, 0.29) is 37.4 Å². The molecule has 33 heavy (non-hydrogen) atoms. The fourth-order valence-corrected chi connectivity index (χ4v) is 4.59. The van der Waals surface area contributed by atoms with Gasteiger partial charge in [-0.25, -0.2) is 4.98 Å². The minimum atomic E-state index is -4.56.